The molecule has 28 heavy (non-hydrogen) atoms. The Bertz CT molecular complexity index is 757. The van der Waals surface area contributed by atoms with Gasteiger partial charge in [-0.05, 0) is 25.3 Å². The van der Waals surface area contributed by atoms with Crippen LogP contribution in [0.3, 0.4) is 0 Å². The zero-order chi connectivity index (χ0) is 20.5. The first-order chi connectivity index (χ1) is 13.2. The van der Waals surface area contributed by atoms with Crippen LogP contribution in [0.4, 0.5) is 5.69 Å². The molecule has 2 unspecified atom stereocenters. The summed E-state index contributed by atoms with van der Waals surface area (Å²) in [6, 6.07) is 4.16. The summed E-state index contributed by atoms with van der Waals surface area (Å²) in [6.07, 6.45) is 3.21. The number of ether oxygens (including phenoxy) is 2. The van der Waals surface area contributed by atoms with Crippen molar-refractivity contribution in [1.82, 2.24) is 10.2 Å². The third-order valence-electron chi connectivity index (χ3n) is 5.49. The van der Waals surface area contributed by atoms with Crippen molar-refractivity contribution in [2.75, 3.05) is 32.6 Å². The van der Waals surface area contributed by atoms with Crippen LogP contribution in [0.2, 0.25) is 0 Å². The zero-order valence-electron chi connectivity index (χ0n) is 17.4. The van der Waals surface area contributed by atoms with Gasteiger partial charge in [0.05, 0.1) is 25.5 Å². The number of carbonyl (C=O) groups excluding carboxylic acids is 2. The highest BCUT2D eigenvalue weighted by Crippen LogP contribution is 2.35. The predicted octanol–water partition coefficient (Wildman–Crippen LogP) is 2.65. The van der Waals surface area contributed by atoms with Crippen LogP contribution in [-0.4, -0.2) is 56.1 Å². The minimum absolute atomic E-state index is 0.0977. The number of amides is 2. The first-order valence-electron chi connectivity index (χ1n) is 9.85. The van der Waals surface area contributed by atoms with E-state index >= 15 is 0 Å². The Labute approximate surface area is 166 Å². The van der Waals surface area contributed by atoms with Crippen molar-refractivity contribution in [3.05, 3.63) is 17.7 Å². The second-order valence-electron chi connectivity index (χ2n) is 8.63. The molecule has 0 spiro atoms. The Morgan fingerprint density at radius 1 is 1.07 bits per heavy atom. The molecule has 0 aliphatic carbocycles. The molecule has 2 aliphatic rings. The lowest BCUT2D eigenvalue weighted by atomic mass is 9.95. The molecule has 2 N–H and O–H groups in total. The number of hydrogen-bond donors (Lipinski definition) is 2. The van der Waals surface area contributed by atoms with E-state index < -0.39 is 5.41 Å². The molecule has 7 nitrogen and oxygen atoms in total. The molecule has 1 aromatic rings. The highest BCUT2D eigenvalue weighted by molar-refractivity contribution is 6.05. The minimum atomic E-state index is -0.584. The molecule has 2 saturated heterocycles. The molecule has 3 rings (SSSR count). The van der Waals surface area contributed by atoms with E-state index in [-0.39, 0.29) is 11.8 Å². The average Bonchev–Trinajstić information content (AvgIpc) is 2.98. The third-order valence-corrected chi connectivity index (χ3v) is 5.49. The largest absolute Gasteiger partial charge is 0.493 e. The third kappa shape index (κ3) is 4.24. The number of hydrogen-bond acceptors (Lipinski definition) is 5. The summed E-state index contributed by atoms with van der Waals surface area (Å²) >= 11 is 0. The van der Waals surface area contributed by atoms with E-state index in [1.54, 1.807) is 12.1 Å². The molecule has 1 aromatic carbocycles. The standard InChI is InChI=1S/C21H31N3O4/c1-21(2,3)20(26)23-16-11-18(28-5)17(27-4)10-15(16)19(25)24-9-8-13-6-7-14(12-24)22-13/h10-11,13-14,22H,6-9,12H2,1-5H3,(H,23,26). The molecule has 2 fully saturated rings. The average molecular weight is 389 g/mol. The van der Waals surface area contributed by atoms with Gasteiger partial charge in [0.1, 0.15) is 0 Å². The summed E-state index contributed by atoms with van der Waals surface area (Å²) in [4.78, 5) is 27.9. The van der Waals surface area contributed by atoms with E-state index in [2.05, 4.69) is 10.6 Å². The van der Waals surface area contributed by atoms with Crippen molar-refractivity contribution in [1.29, 1.82) is 0 Å². The number of benzene rings is 1. The number of rotatable bonds is 4. The van der Waals surface area contributed by atoms with Crippen molar-refractivity contribution in [3.63, 3.8) is 0 Å². The topological polar surface area (TPSA) is 79.9 Å². The van der Waals surface area contributed by atoms with Crippen LogP contribution in [0.1, 0.15) is 50.4 Å². The summed E-state index contributed by atoms with van der Waals surface area (Å²) in [5.41, 5.74) is 0.289. The summed E-state index contributed by atoms with van der Waals surface area (Å²) < 4.78 is 10.8. The van der Waals surface area contributed by atoms with Gasteiger partial charge in [-0.3, -0.25) is 9.59 Å². The van der Waals surface area contributed by atoms with Crippen LogP contribution in [0, 0.1) is 5.41 Å². The van der Waals surface area contributed by atoms with E-state index in [1.165, 1.54) is 20.6 Å². The second-order valence-corrected chi connectivity index (χ2v) is 8.63. The van der Waals surface area contributed by atoms with Crippen LogP contribution in [0.5, 0.6) is 11.5 Å². The van der Waals surface area contributed by atoms with Crippen molar-refractivity contribution in [2.45, 2.75) is 52.1 Å². The molecule has 0 radical (unpaired) electrons. The number of methoxy groups -OCH3 is 2. The summed E-state index contributed by atoms with van der Waals surface area (Å²) in [5, 5.41) is 6.50. The fraction of sp³-hybridized carbons (Fsp3) is 0.619. The Morgan fingerprint density at radius 2 is 1.71 bits per heavy atom. The normalized spacial score (nSPS) is 21.8. The van der Waals surface area contributed by atoms with Crippen molar-refractivity contribution < 1.29 is 19.1 Å². The molecule has 2 heterocycles. The maximum Gasteiger partial charge on any atom is 0.256 e. The Kier molecular flexibility index (Phi) is 5.84. The fourth-order valence-corrected chi connectivity index (χ4v) is 3.77. The highest BCUT2D eigenvalue weighted by Gasteiger charge is 2.33. The molecule has 2 atom stereocenters. The van der Waals surface area contributed by atoms with E-state index in [0.29, 0.717) is 47.9 Å². The van der Waals surface area contributed by atoms with Gasteiger partial charge in [-0.1, -0.05) is 20.8 Å². The Balaban J connectivity index is 1.94. The van der Waals surface area contributed by atoms with Crippen molar-refractivity contribution >= 4 is 17.5 Å². The van der Waals surface area contributed by atoms with E-state index in [0.717, 1.165) is 12.8 Å². The number of fused-ring (bicyclic) bond motifs is 2. The van der Waals surface area contributed by atoms with Gasteiger partial charge in [-0.15, -0.1) is 0 Å². The van der Waals surface area contributed by atoms with Gasteiger partial charge in [0.2, 0.25) is 5.91 Å². The number of anilines is 1. The maximum atomic E-state index is 13.4. The highest BCUT2D eigenvalue weighted by atomic mass is 16.5. The quantitative estimate of drug-likeness (QED) is 0.828. The van der Waals surface area contributed by atoms with Gasteiger partial charge in [-0.25, -0.2) is 0 Å². The number of carbonyl (C=O) groups is 2. The number of nitrogens with one attached hydrogen (secondary N) is 2. The smallest absolute Gasteiger partial charge is 0.256 e. The Morgan fingerprint density at radius 3 is 2.36 bits per heavy atom. The first-order valence-corrected chi connectivity index (χ1v) is 9.85. The fourth-order valence-electron chi connectivity index (χ4n) is 3.77. The lowest BCUT2D eigenvalue weighted by Crippen LogP contribution is -2.39. The number of nitrogens with zero attached hydrogens (tertiary/aromatic N) is 1. The minimum Gasteiger partial charge on any atom is -0.493 e. The SMILES string of the molecule is COc1cc(NC(=O)C(C)(C)C)c(C(=O)N2CCC3CCC(C2)N3)cc1OC. The molecule has 154 valence electrons. The molecule has 2 amide bonds. The van der Waals surface area contributed by atoms with E-state index in [9.17, 15) is 9.59 Å². The van der Waals surface area contributed by atoms with Gasteiger partial charge in [0, 0.05) is 36.7 Å². The van der Waals surface area contributed by atoms with Crippen LogP contribution in [0.25, 0.3) is 0 Å². The summed E-state index contributed by atoms with van der Waals surface area (Å²) in [7, 11) is 3.07. The predicted molar refractivity (Wildman–Crippen MR) is 108 cm³/mol. The van der Waals surface area contributed by atoms with Crippen molar-refractivity contribution in [3.8, 4) is 11.5 Å². The van der Waals surface area contributed by atoms with Gasteiger partial charge in [0.25, 0.3) is 5.91 Å². The Hall–Kier alpha value is -2.28. The first kappa shape index (κ1) is 20.5. The van der Waals surface area contributed by atoms with Crippen LogP contribution in [-0.2, 0) is 4.79 Å². The zero-order valence-corrected chi connectivity index (χ0v) is 17.4. The molecule has 2 aliphatic heterocycles. The summed E-state index contributed by atoms with van der Waals surface area (Å²) in [6.45, 7) is 6.88. The molecular weight excluding hydrogens is 358 g/mol. The molecular formula is C21H31N3O4. The van der Waals surface area contributed by atoms with Crippen LogP contribution >= 0.6 is 0 Å². The van der Waals surface area contributed by atoms with Gasteiger partial charge >= 0.3 is 0 Å². The molecule has 7 heteroatoms. The van der Waals surface area contributed by atoms with Gasteiger partial charge in [-0.2, -0.15) is 0 Å². The van der Waals surface area contributed by atoms with Crippen LogP contribution in [0.15, 0.2) is 12.1 Å². The summed E-state index contributed by atoms with van der Waals surface area (Å²) in [5.74, 6) is 0.679. The van der Waals surface area contributed by atoms with Gasteiger partial charge in [0.15, 0.2) is 11.5 Å². The number of likely N-dealkylation sites (tertiary alicyclic amines) is 1. The van der Waals surface area contributed by atoms with E-state index in [1.807, 2.05) is 25.7 Å². The van der Waals surface area contributed by atoms with Crippen LogP contribution < -0.4 is 20.1 Å². The van der Waals surface area contributed by atoms with E-state index in [4.69, 9.17) is 9.47 Å². The molecule has 2 bridgehead atoms. The maximum absolute atomic E-state index is 13.4. The second kappa shape index (κ2) is 7.99. The van der Waals surface area contributed by atoms with Gasteiger partial charge < -0.3 is 25.0 Å². The van der Waals surface area contributed by atoms with Crippen molar-refractivity contribution in [2.24, 2.45) is 5.41 Å². The monoisotopic (exact) mass is 389 g/mol. The molecule has 0 saturated carbocycles. The lowest BCUT2D eigenvalue weighted by Gasteiger charge is -2.26. The lowest BCUT2D eigenvalue weighted by molar-refractivity contribution is -0.123. The molecule has 0 aromatic heterocycles.